The summed E-state index contributed by atoms with van der Waals surface area (Å²) in [4.78, 5) is 25.2. The Hall–Kier alpha value is -3.52. The fourth-order valence-electron chi connectivity index (χ4n) is 4.72. The first-order chi connectivity index (χ1) is 16.4. The molecule has 0 unspecified atom stereocenters. The van der Waals surface area contributed by atoms with Crippen molar-refractivity contribution in [2.75, 3.05) is 43.4 Å². The van der Waals surface area contributed by atoms with Gasteiger partial charge in [0.2, 0.25) is 5.95 Å². The van der Waals surface area contributed by atoms with Crippen molar-refractivity contribution >= 4 is 17.4 Å². The van der Waals surface area contributed by atoms with E-state index in [0.717, 1.165) is 43.0 Å². The van der Waals surface area contributed by atoms with Crippen molar-refractivity contribution < 1.29 is 9.18 Å². The normalized spacial score (nSPS) is 16.5. The second kappa shape index (κ2) is 9.02. The van der Waals surface area contributed by atoms with Gasteiger partial charge < -0.3 is 16.0 Å². The number of benzene rings is 1. The molecule has 3 aromatic rings. The fourth-order valence-corrected chi connectivity index (χ4v) is 4.72. The smallest absolute Gasteiger partial charge is 0.253 e. The summed E-state index contributed by atoms with van der Waals surface area (Å²) < 4.78 is 14.8. The minimum atomic E-state index is -0.614. The molecule has 1 saturated heterocycles. The van der Waals surface area contributed by atoms with Crippen LogP contribution < -0.4 is 16.0 Å². The summed E-state index contributed by atoms with van der Waals surface area (Å²) >= 11 is 0. The van der Waals surface area contributed by atoms with Crippen LogP contribution in [0, 0.1) is 5.95 Å². The number of fused-ring (bicyclic) bond motifs is 1. The Morgan fingerprint density at radius 1 is 1.03 bits per heavy atom. The van der Waals surface area contributed by atoms with E-state index in [4.69, 9.17) is 5.73 Å². The highest BCUT2D eigenvalue weighted by Gasteiger charge is 2.21. The summed E-state index contributed by atoms with van der Waals surface area (Å²) in [6.45, 7) is 9.05. The number of anilines is 2. The maximum absolute atomic E-state index is 14.8. The summed E-state index contributed by atoms with van der Waals surface area (Å²) in [5, 5.41) is 2.81. The van der Waals surface area contributed by atoms with Gasteiger partial charge in [0.05, 0.1) is 11.3 Å². The molecule has 176 valence electrons. The minimum Gasteiger partial charge on any atom is -0.383 e. The molecule has 1 amide bonds. The standard InChI is InChI=1S/C26H29FN6O/c1-16(2)32-9-11-33(12-10-32)19-5-3-17(4-6-19)20-14-21(25(28)31-24(20)27)23-13-18-7-8-29-26(34)22(18)15-30-23/h3-6,13-16H,7-12H2,1-2H3,(H2,28,31)(H,29,34). The number of amides is 1. The quantitative estimate of drug-likeness (QED) is 0.581. The molecule has 1 fully saturated rings. The van der Waals surface area contributed by atoms with E-state index in [1.807, 2.05) is 30.3 Å². The number of carbonyl (C=O) groups is 1. The number of rotatable bonds is 4. The third kappa shape index (κ3) is 4.21. The molecule has 2 aliphatic heterocycles. The zero-order chi connectivity index (χ0) is 23.8. The highest BCUT2D eigenvalue weighted by molar-refractivity contribution is 5.97. The topological polar surface area (TPSA) is 87.4 Å². The molecule has 0 saturated carbocycles. The van der Waals surface area contributed by atoms with E-state index in [1.165, 1.54) is 0 Å². The second-order valence-electron chi connectivity index (χ2n) is 9.16. The molecule has 5 rings (SSSR count). The average Bonchev–Trinajstić information content (AvgIpc) is 2.84. The maximum Gasteiger partial charge on any atom is 0.253 e. The number of nitrogens with one attached hydrogen (secondary N) is 1. The number of nitrogens with two attached hydrogens (primary N) is 1. The van der Waals surface area contributed by atoms with Crippen LogP contribution >= 0.6 is 0 Å². The van der Waals surface area contributed by atoms with E-state index in [1.54, 1.807) is 12.3 Å². The molecule has 8 heteroatoms. The first kappa shape index (κ1) is 22.3. The molecular formula is C26H29FN6O. The molecule has 4 heterocycles. The SMILES string of the molecule is CC(C)N1CCN(c2ccc(-c3cc(-c4cc5c(cn4)C(=O)NCC5)c(N)nc3F)cc2)CC1. The largest absolute Gasteiger partial charge is 0.383 e. The summed E-state index contributed by atoms with van der Waals surface area (Å²) in [5.41, 5.74) is 10.9. The van der Waals surface area contributed by atoms with E-state index in [2.05, 4.69) is 38.9 Å². The van der Waals surface area contributed by atoms with Crippen LogP contribution in [0.4, 0.5) is 15.9 Å². The number of aromatic nitrogens is 2. The van der Waals surface area contributed by atoms with Gasteiger partial charge in [-0.3, -0.25) is 14.7 Å². The number of halogens is 1. The van der Waals surface area contributed by atoms with Gasteiger partial charge in [-0.2, -0.15) is 4.39 Å². The van der Waals surface area contributed by atoms with Crippen molar-refractivity contribution in [3.8, 4) is 22.4 Å². The average molecular weight is 461 g/mol. The Bertz CT molecular complexity index is 1220. The van der Waals surface area contributed by atoms with Crippen molar-refractivity contribution in [3.63, 3.8) is 0 Å². The molecule has 1 aromatic carbocycles. The van der Waals surface area contributed by atoms with Crippen molar-refractivity contribution in [1.29, 1.82) is 0 Å². The fraction of sp³-hybridized carbons (Fsp3) is 0.346. The molecule has 0 radical (unpaired) electrons. The number of hydrogen-bond acceptors (Lipinski definition) is 6. The Morgan fingerprint density at radius 3 is 2.47 bits per heavy atom. The first-order valence-electron chi connectivity index (χ1n) is 11.7. The summed E-state index contributed by atoms with van der Waals surface area (Å²) in [6.07, 6.45) is 2.26. The maximum atomic E-state index is 14.8. The summed E-state index contributed by atoms with van der Waals surface area (Å²) in [7, 11) is 0. The Labute approximate surface area is 198 Å². The van der Waals surface area contributed by atoms with Crippen LogP contribution in [0.15, 0.2) is 42.6 Å². The zero-order valence-corrected chi connectivity index (χ0v) is 19.5. The van der Waals surface area contributed by atoms with Gasteiger partial charge in [-0.25, -0.2) is 4.98 Å². The number of nitrogen functional groups attached to an aromatic ring is 1. The molecule has 0 atom stereocenters. The van der Waals surface area contributed by atoms with Crippen LogP contribution in [0.3, 0.4) is 0 Å². The van der Waals surface area contributed by atoms with Crippen LogP contribution in [-0.2, 0) is 6.42 Å². The van der Waals surface area contributed by atoms with Crippen molar-refractivity contribution in [2.45, 2.75) is 26.3 Å². The van der Waals surface area contributed by atoms with Crippen LogP contribution in [0.2, 0.25) is 0 Å². The molecule has 3 N–H and O–H groups in total. The molecule has 7 nitrogen and oxygen atoms in total. The van der Waals surface area contributed by atoms with Crippen LogP contribution in [0.5, 0.6) is 0 Å². The van der Waals surface area contributed by atoms with E-state index >= 15 is 0 Å². The number of nitrogens with zero attached hydrogens (tertiary/aromatic N) is 4. The lowest BCUT2D eigenvalue weighted by atomic mass is 9.98. The monoisotopic (exact) mass is 460 g/mol. The number of piperazine rings is 1. The Morgan fingerprint density at radius 2 is 1.76 bits per heavy atom. The third-order valence-electron chi connectivity index (χ3n) is 6.78. The van der Waals surface area contributed by atoms with E-state index in [-0.39, 0.29) is 11.7 Å². The van der Waals surface area contributed by atoms with Gasteiger partial charge in [-0.05, 0) is 55.7 Å². The van der Waals surface area contributed by atoms with Crippen molar-refractivity contribution in [1.82, 2.24) is 20.2 Å². The number of hydrogen-bond donors (Lipinski definition) is 2. The predicted molar refractivity (Wildman–Crippen MR) is 132 cm³/mol. The van der Waals surface area contributed by atoms with Gasteiger partial charge in [0.1, 0.15) is 5.82 Å². The van der Waals surface area contributed by atoms with E-state index in [0.29, 0.717) is 41.4 Å². The van der Waals surface area contributed by atoms with Crippen molar-refractivity contribution in [2.24, 2.45) is 0 Å². The molecular weight excluding hydrogens is 431 g/mol. The van der Waals surface area contributed by atoms with Crippen LogP contribution in [0.25, 0.3) is 22.4 Å². The van der Waals surface area contributed by atoms with Gasteiger partial charge in [-0.15, -0.1) is 0 Å². The van der Waals surface area contributed by atoms with Gasteiger partial charge in [-0.1, -0.05) is 12.1 Å². The Balaban J connectivity index is 1.42. The van der Waals surface area contributed by atoms with Gasteiger partial charge in [0.15, 0.2) is 0 Å². The molecule has 34 heavy (non-hydrogen) atoms. The number of carbonyl (C=O) groups excluding carboxylic acids is 1. The lowest BCUT2D eigenvalue weighted by Gasteiger charge is -2.38. The summed E-state index contributed by atoms with van der Waals surface area (Å²) in [6, 6.07) is 12.0. The van der Waals surface area contributed by atoms with E-state index < -0.39 is 5.95 Å². The molecule has 2 aliphatic rings. The van der Waals surface area contributed by atoms with Crippen molar-refractivity contribution in [3.05, 3.63) is 59.7 Å². The number of pyridine rings is 2. The predicted octanol–water partition coefficient (Wildman–Crippen LogP) is 3.35. The zero-order valence-electron chi connectivity index (χ0n) is 19.5. The second-order valence-corrected chi connectivity index (χ2v) is 9.16. The van der Waals surface area contributed by atoms with Gasteiger partial charge >= 0.3 is 0 Å². The highest BCUT2D eigenvalue weighted by atomic mass is 19.1. The molecule has 0 bridgehead atoms. The minimum absolute atomic E-state index is 0.0774. The first-order valence-corrected chi connectivity index (χ1v) is 11.7. The molecule has 0 aliphatic carbocycles. The lowest BCUT2D eigenvalue weighted by molar-refractivity contribution is 0.0945. The summed E-state index contributed by atoms with van der Waals surface area (Å²) in [5.74, 6) is -0.664. The highest BCUT2D eigenvalue weighted by Crippen LogP contribution is 2.33. The molecule has 0 spiro atoms. The molecule has 2 aromatic heterocycles. The van der Waals surface area contributed by atoms with Crippen LogP contribution in [0.1, 0.15) is 29.8 Å². The Kier molecular flexibility index (Phi) is 5.91. The van der Waals surface area contributed by atoms with Crippen LogP contribution in [-0.4, -0.2) is 59.5 Å². The van der Waals surface area contributed by atoms with Gasteiger partial charge in [0, 0.05) is 61.8 Å². The third-order valence-corrected chi connectivity index (χ3v) is 6.78. The van der Waals surface area contributed by atoms with E-state index in [9.17, 15) is 9.18 Å². The van der Waals surface area contributed by atoms with Gasteiger partial charge in [0.25, 0.3) is 5.91 Å². The lowest BCUT2D eigenvalue weighted by Crippen LogP contribution is -2.48.